The lowest BCUT2D eigenvalue weighted by molar-refractivity contribution is 0.496. The van der Waals surface area contributed by atoms with Crippen LogP contribution in [0.1, 0.15) is 20.8 Å². The molecule has 0 heterocycles. The fraction of sp³-hybridized carbons (Fsp3) is 0.375. The summed E-state index contributed by atoms with van der Waals surface area (Å²) in [5.41, 5.74) is 6.83. The van der Waals surface area contributed by atoms with Crippen LogP contribution in [0.4, 0.5) is 5.69 Å². The normalized spacial score (nSPS) is 12.7. The Hall–Kier alpha value is -1.48. The summed E-state index contributed by atoms with van der Waals surface area (Å²) in [7, 11) is -1.82. The van der Waals surface area contributed by atoms with Crippen LogP contribution in [0.15, 0.2) is 36.4 Å². The number of hydrogen-bond donors (Lipinski definition) is 1. The first-order valence-corrected chi connectivity index (χ1v) is 9.59. The van der Waals surface area contributed by atoms with Crippen LogP contribution >= 0.6 is 0 Å². The summed E-state index contributed by atoms with van der Waals surface area (Å²) in [6.45, 7) is 11.3. The van der Waals surface area contributed by atoms with Gasteiger partial charge >= 0.3 is 0 Å². The second-order valence-electron chi connectivity index (χ2n) is 6.56. The molecule has 19 heavy (non-hydrogen) atoms. The van der Waals surface area contributed by atoms with Gasteiger partial charge in [0.2, 0.25) is 0 Å². The Bertz CT molecular complexity index is 599. The molecule has 102 valence electrons. The van der Waals surface area contributed by atoms with Crippen molar-refractivity contribution in [2.45, 2.75) is 38.9 Å². The molecule has 0 unspecified atom stereocenters. The second kappa shape index (κ2) is 4.56. The lowest BCUT2D eigenvalue weighted by atomic mass is 10.1. The molecule has 2 nitrogen and oxygen atoms in total. The number of nitrogens with two attached hydrogens (primary N) is 1. The van der Waals surface area contributed by atoms with Crippen LogP contribution in [0.3, 0.4) is 0 Å². The molecule has 0 aliphatic rings. The molecule has 0 saturated heterocycles. The third-order valence-electron chi connectivity index (χ3n) is 4.09. The minimum absolute atomic E-state index is 0.190. The van der Waals surface area contributed by atoms with Gasteiger partial charge in [0.05, 0.1) is 0 Å². The molecular formula is C16H23NOSi. The van der Waals surface area contributed by atoms with Crippen LogP contribution in [0.5, 0.6) is 5.75 Å². The van der Waals surface area contributed by atoms with Crippen molar-refractivity contribution in [3.05, 3.63) is 36.4 Å². The van der Waals surface area contributed by atoms with Crippen LogP contribution in [-0.2, 0) is 0 Å². The third kappa shape index (κ3) is 2.61. The molecule has 0 saturated carbocycles. The van der Waals surface area contributed by atoms with Gasteiger partial charge in [0, 0.05) is 16.5 Å². The van der Waals surface area contributed by atoms with E-state index >= 15 is 0 Å². The summed E-state index contributed by atoms with van der Waals surface area (Å²) in [5.74, 6) is 0.955. The largest absolute Gasteiger partial charge is 0.543 e. The van der Waals surface area contributed by atoms with Gasteiger partial charge in [-0.05, 0) is 30.3 Å². The molecule has 0 aliphatic carbocycles. The molecule has 2 aromatic rings. The van der Waals surface area contributed by atoms with Crippen molar-refractivity contribution in [3.8, 4) is 5.75 Å². The molecule has 0 spiro atoms. The number of fused-ring (bicyclic) bond motifs is 1. The monoisotopic (exact) mass is 273 g/mol. The molecule has 0 aromatic heterocycles. The molecule has 0 aliphatic heterocycles. The highest BCUT2D eigenvalue weighted by Crippen LogP contribution is 2.39. The lowest BCUT2D eigenvalue weighted by Gasteiger charge is -2.36. The molecule has 2 rings (SSSR count). The fourth-order valence-corrected chi connectivity index (χ4v) is 2.86. The van der Waals surface area contributed by atoms with Gasteiger partial charge in [-0.25, -0.2) is 0 Å². The average molecular weight is 273 g/mol. The Morgan fingerprint density at radius 1 is 0.947 bits per heavy atom. The van der Waals surface area contributed by atoms with Gasteiger partial charge in [-0.2, -0.15) is 0 Å². The molecule has 0 radical (unpaired) electrons. The van der Waals surface area contributed by atoms with Gasteiger partial charge in [0.1, 0.15) is 5.75 Å². The van der Waals surface area contributed by atoms with Crippen molar-refractivity contribution in [1.82, 2.24) is 0 Å². The van der Waals surface area contributed by atoms with Gasteiger partial charge in [0.15, 0.2) is 0 Å². The Kier molecular flexibility index (Phi) is 3.35. The average Bonchev–Trinajstić information content (AvgIpc) is 2.28. The van der Waals surface area contributed by atoms with E-state index in [4.69, 9.17) is 10.2 Å². The molecule has 3 heteroatoms. The Morgan fingerprint density at radius 3 is 2.16 bits per heavy atom. The van der Waals surface area contributed by atoms with Crippen molar-refractivity contribution < 1.29 is 4.43 Å². The SMILES string of the molecule is CC(C)(C)[Si](C)(C)Oc1cccc2c(N)cccc12. The Morgan fingerprint density at radius 2 is 1.53 bits per heavy atom. The third-order valence-corrected chi connectivity index (χ3v) is 8.43. The summed E-state index contributed by atoms with van der Waals surface area (Å²) in [4.78, 5) is 0. The zero-order valence-corrected chi connectivity index (χ0v) is 13.4. The summed E-state index contributed by atoms with van der Waals surface area (Å²) >= 11 is 0. The second-order valence-corrected chi connectivity index (χ2v) is 11.3. The Balaban J connectivity index is 2.50. The highest BCUT2D eigenvalue weighted by atomic mass is 28.4. The zero-order valence-electron chi connectivity index (χ0n) is 12.4. The van der Waals surface area contributed by atoms with Crippen molar-refractivity contribution in [3.63, 3.8) is 0 Å². The number of nitrogen functional groups attached to an aromatic ring is 1. The van der Waals surface area contributed by atoms with Crippen molar-refractivity contribution in [2.24, 2.45) is 0 Å². The molecule has 0 atom stereocenters. The van der Waals surface area contributed by atoms with E-state index in [-0.39, 0.29) is 5.04 Å². The highest BCUT2D eigenvalue weighted by Gasteiger charge is 2.39. The zero-order chi connectivity index (χ0) is 14.3. The smallest absolute Gasteiger partial charge is 0.250 e. The van der Waals surface area contributed by atoms with Crippen molar-refractivity contribution >= 4 is 24.8 Å². The van der Waals surface area contributed by atoms with E-state index < -0.39 is 8.32 Å². The maximum Gasteiger partial charge on any atom is 0.250 e. The fourth-order valence-electron chi connectivity index (χ4n) is 1.82. The first-order valence-electron chi connectivity index (χ1n) is 6.68. The summed E-state index contributed by atoms with van der Waals surface area (Å²) in [6.07, 6.45) is 0. The summed E-state index contributed by atoms with van der Waals surface area (Å²) < 4.78 is 6.42. The first kappa shape index (κ1) is 13.9. The Labute approximate surface area is 116 Å². The number of anilines is 1. The molecular weight excluding hydrogens is 250 g/mol. The van der Waals surface area contributed by atoms with Crippen molar-refractivity contribution in [2.75, 3.05) is 5.73 Å². The number of benzene rings is 2. The van der Waals surface area contributed by atoms with E-state index in [0.717, 1.165) is 22.2 Å². The summed E-state index contributed by atoms with van der Waals surface area (Å²) in [6, 6.07) is 12.1. The van der Waals surface area contributed by atoms with E-state index in [1.54, 1.807) is 0 Å². The standard InChI is InChI=1S/C16H23NOSi/c1-16(2,3)19(4,5)18-15-11-7-8-12-13(15)9-6-10-14(12)17/h6-11H,17H2,1-5H3. The maximum absolute atomic E-state index is 6.42. The molecule has 0 bridgehead atoms. The van der Waals surface area contributed by atoms with E-state index in [0.29, 0.717) is 0 Å². The molecule has 0 fully saturated rings. The van der Waals surface area contributed by atoms with Gasteiger partial charge in [-0.1, -0.05) is 45.0 Å². The lowest BCUT2D eigenvalue weighted by Crippen LogP contribution is -2.43. The van der Waals surface area contributed by atoms with Gasteiger partial charge in [0.25, 0.3) is 8.32 Å². The maximum atomic E-state index is 6.42. The van der Waals surface area contributed by atoms with Crippen LogP contribution in [-0.4, -0.2) is 8.32 Å². The number of hydrogen-bond acceptors (Lipinski definition) is 2. The molecule has 2 aromatic carbocycles. The van der Waals surface area contributed by atoms with E-state index in [9.17, 15) is 0 Å². The highest BCUT2D eigenvalue weighted by molar-refractivity contribution is 6.74. The summed E-state index contributed by atoms with van der Waals surface area (Å²) in [5, 5.41) is 2.36. The minimum atomic E-state index is -1.82. The predicted molar refractivity (Wildman–Crippen MR) is 86.2 cm³/mol. The minimum Gasteiger partial charge on any atom is -0.543 e. The van der Waals surface area contributed by atoms with E-state index in [2.05, 4.69) is 39.9 Å². The van der Waals surface area contributed by atoms with Crippen LogP contribution in [0.2, 0.25) is 18.1 Å². The van der Waals surface area contributed by atoms with Gasteiger partial charge in [-0.15, -0.1) is 0 Å². The molecule has 2 N–H and O–H groups in total. The van der Waals surface area contributed by atoms with Gasteiger partial charge < -0.3 is 10.2 Å². The quantitative estimate of drug-likeness (QED) is 0.629. The van der Waals surface area contributed by atoms with Crippen LogP contribution in [0, 0.1) is 0 Å². The predicted octanol–water partition coefficient (Wildman–Crippen LogP) is 4.81. The van der Waals surface area contributed by atoms with Crippen LogP contribution in [0.25, 0.3) is 10.8 Å². The molecule has 0 amide bonds. The van der Waals surface area contributed by atoms with Gasteiger partial charge in [-0.3, -0.25) is 0 Å². The van der Waals surface area contributed by atoms with E-state index in [1.165, 1.54) is 0 Å². The number of rotatable bonds is 2. The topological polar surface area (TPSA) is 35.2 Å². The van der Waals surface area contributed by atoms with E-state index in [1.807, 2.05) is 30.3 Å². The first-order chi connectivity index (χ1) is 8.72. The van der Waals surface area contributed by atoms with Crippen molar-refractivity contribution in [1.29, 1.82) is 0 Å². The van der Waals surface area contributed by atoms with Crippen LogP contribution < -0.4 is 10.2 Å².